The van der Waals surface area contributed by atoms with Crippen LogP contribution in [0.3, 0.4) is 0 Å². The van der Waals surface area contributed by atoms with Crippen molar-refractivity contribution in [2.24, 2.45) is 0 Å². The van der Waals surface area contributed by atoms with E-state index < -0.39 is 6.04 Å². The van der Waals surface area contributed by atoms with E-state index in [0.29, 0.717) is 0 Å². The first-order valence-electron chi connectivity index (χ1n) is 3.31. The lowest BCUT2D eigenvalue weighted by molar-refractivity contribution is 1.76. The van der Waals surface area contributed by atoms with Gasteiger partial charge in [-0.25, -0.2) is 0 Å². The fraction of sp³-hybridized carbons (Fsp3) is 0.250. The molecular formula is C8H10ClPS. The highest BCUT2D eigenvalue weighted by Crippen LogP contribution is 2.34. The van der Waals surface area contributed by atoms with Crippen LogP contribution in [0.4, 0.5) is 0 Å². The van der Waals surface area contributed by atoms with Gasteiger partial charge in [-0.15, -0.1) is 0 Å². The van der Waals surface area contributed by atoms with Crippen LogP contribution >= 0.6 is 17.6 Å². The second kappa shape index (κ2) is 3.26. The van der Waals surface area contributed by atoms with E-state index in [-0.39, 0.29) is 0 Å². The van der Waals surface area contributed by atoms with E-state index in [4.69, 9.17) is 23.4 Å². The molecule has 1 aromatic carbocycles. The van der Waals surface area contributed by atoms with Gasteiger partial charge in [0.15, 0.2) is 0 Å². The number of benzene rings is 1. The molecule has 11 heavy (non-hydrogen) atoms. The standard InChI is InChI=1S/C8H10ClPS/c1-10(2,11)8-5-3-7(9)4-6-8/h3-6H,1-2H3. The van der Waals surface area contributed by atoms with Crippen molar-refractivity contribution in [1.29, 1.82) is 0 Å². The van der Waals surface area contributed by atoms with Gasteiger partial charge in [0, 0.05) is 5.02 Å². The zero-order valence-electron chi connectivity index (χ0n) is 6.54. The van der Waals surface area contributed by atoms with Crippen molar-refractivity contribution in [1.82, 2.24) is 0 Å². The molecule has 0 aromatic heterocycles. The zero-order valence-corrected chi connectivity index (χ0v) is 9.01. The number of halogens is 1. The van der Waals surface area contributed by atoms with E-state index in [1.807, 2.05) is 24.3 Å². The van der Waals surface area contributed by atoms with Crippen molar-refractivity contribution in [2.75, 3.05) is 13.3 Å². The summed E-state index contributed by atoms with van der Waals surface area (Å²) in [6, 6.07) is 6.56. The predicted molar refractivity (Wildman–Crippen MR) is 57.2 cm³/mol. The quantitative estimate of drug-likeness (QED) is 0.634. The maximum absolute atomic E-state index is 5.74. The van der Waals surface area contributed by atoms with Crippen molar-refractivity contribution < 1.29 is 0 Å². The minimum Gasteiger partial charge on any atom is -0.0931 e. The van der Waals surface area contributed by atoms with Crippen LogP contribution in [-0.4, -0.2) is 13.3 Å². The minimum atomic E-state index is -1.26. The third-order valence-electron chi connectivity index (χ3n) is 1.45. The number of rotatable bonds is 1. The van der Waals surface area contributed by atoms with Crippen molar-refractivity contribution >= 4 is 34.8 Å². The van der Waals surface area contributed by atoms with Gasteiger partial charge in [-0.3, -0.25) is 0 Å². The highest BCUT2D eigenvalue weighted by atomic mass is 35.5. The molecule has 0 heterocycles. The molecular weight excluding hydrogens is 195 g/mol. The summed E-state index contributed by atoms with van der Waals surface area (Å²) in [5.74, 6) is 0. The molecule has 0 unspecified atom stereocenters. The Bertz CT molecular complexity index is 285. The van der Waals surface area contributed by atoms with E-state index in [0.717, 1.165) is 5.02 Å². The van der Waals surface area contributed by atoms with Gasteiger partial charge in [0.2, 0.25) is 0 Å². The van der Waals surface area contributed by atoms with Gasteiger partial charge in [-0.2, -0.15) is 0 Å². The topological polar surface area (TPSA) is 0 Å². The number of hydrogen-bond donors (Lipinski definition) is 0. The Morgan fingerprint density at radius 2 is 1.64 bits per heavy atom. The third-order valence-corrected chi connectivity index (χ3v) is 3.87. The van der Waals surface area contributed by atoms with Crippen LogP contribution in [0, 0.1) is 0 Å². The lowest BCUT2D eigenvalue weighted by atomic mass is 10.4. The Morgan fingerprint density at radius 3 is 2.00 bits per heavy atom. The molecule has 0 aliphatic carbocycles. The van der Waals surface area contributed by atoms with Crippen molar-refractivity contribution in [2.45, 2.75) is 0 Å². The fourth-order valence-corrected chi connectivity index (χ4v) is 2.16. The Kier molecular flexibility index (Phi) is 2.74. The first kappa shape index (κ1) is 9.25. The van der Waals surface area contributed by atoms with Crippen molar-refractivity contribution in [3.8, 4) is 0 Å². The molecule has 1 aromatic rings. The van der Waals surface area contributed by atoms with Crippen LogP contribution in [0.5, 0.6) is 0 Å². The van der Waals surface area contributed by atoms with Crippen molar-refractivity contribution in [3.05, 3.63) is 29.3 Å². The van der Waals surface area contributed by atoms with E-state index in [2.05, 4.69) is 13.3 Å². The van der Waals surface area contributed by atoms with Gasteiger partial charge in [0.25, 0.3) is 0 Å². The molecule has 60 valence electrons. The molecule has 0 N–H and O–H groups in total. The molecule has 0 amide bonds. The Hall–Kier alpha value is 0.160. The summed E-state index contributed by atoms with van der Waals surface area (Å²) < 4.78 is 0. The molecule has 0 aliphatic heterocycles. The summed E-state index contributed by atoms with van der Waals surface area (Å²) in [5.41, 5.74) is 0. The molecule has 1 rings (SSSR count). The molecule has 0 nitrogen and oxygen atoms in total. The molecule has 0 bridgehead atoms. The average Bonchev–Trinajstić information content (AvgIpc) is 1.86. The summed E-state index contributed by atoms with van der Waals surface area (Å²) >= 11 is 11.1. The summed E-state index contributed by atoms with van der Waals surface area (Å²) in [5, 5.41) is 2.02. The van der Waals surface area contributed by atoms with Gasteiger partial charge < -0.3 is 0 Å². The summed E-state index contributed by atoms with van der Waals surface area (Å²) in [4.78, 5) is 0. The van der Waals surface area contributed by atoms with E-state index in [1.54, 1.807) is 0 Å². The number of hydrogen-bond acceptors (Lipinski definition) is 1. The second-order valence-corrected chi connectivity index (χ2v) is 9.22. The molecule has 0 aliphatic rings. The smallest absolute Gasteiger partial charge is 0.0406 e. The van der Waals surface area contributed by atoms with Gasteiger partial charge in [-0.1, -0.05) is 35.5 Å². The SMILES string of the molecule is CP(C)(=S)c1ccc(Cl)cc1. The molecule has 0 saturated carbocycles. The summed E-state index contributed by atoms with van der Waals surface area (Å²) in [7, 11) is 0. The van der Waals surface area contributed by atoms with E-state index >= 15 is 0 Å². The summed E-state index contributed by atoms with van der Waals surface area (Å²) in [6.07, 6.45) is 0. The average molecular weight is 205 g/mol. The van der Waals surface area contributed by atoms with Gasteiger partial charge in [0.1, 0.15) is 0 Å². The van der Waals surface area contributed by atoms with E-state index in [9.17, 15) is 0 Å². The van der Waals surface area contributed by atoms with Crippen LogP contribution in [0.2, 0.25) is 5.02 Å². The monoisotopic (exact) mass is 204 g/mol. The molecule has 0 fully saturated rings. The van der Waals surface area contributed by atoms with Crippen LogP contribution in [0.1, 0.15) is 0 Å². The molecule has 0 atom stereocenters. The van der Waals surface area contributed by atoms with Crippen LogP contribution < -0.4 is 5.30 Å². The Labute approximate surface area is 77.6 Å². The van der Waals surface area contributed by atoms with Crippen LogP contribution in [0.25, 0.3) is 0 Å². The van der Waals surface area contributed by atoms with Gasteiger partial charge >= 0.3 is 0 Å². The maximum atomic E-state index is 5.74. The molecule has 0 radical (unpaired) electrons. The van der Waals surface area contributed by atoms with Crippen molar-refractivity contribution in [3.63, 3.8) is 0 Å². The molecule has 0 saturated heterocycles. The molecule has 0 spiro atoms. The highest BCUT2D eigenvalue weighted by molar-refractivity contribution is 8.17. The molecule has 3 heteroatoms. The van der Waals surface area contributed by atoms with Gasteiger partial charge in [0.05, 0.1) is 0 Å². The normalized spacial score (nSPS) is 11.5. The zero-order chi connectivity index (χ0) is 8.48. The Balaban J connectivity index is 3.09. The Morgan fingerprint density at radius 1 is 1.18 bits per heavy atom. The minimum absolute atomic E-state index is 0.775. The summed E-state index contributed by atoms with van der Waals surface area (Å²) in [6.45, 7) is 4.23. The van der Waals surface area contributed by atoms with E-state index in [1.165, 1.54) is 5.30 Å². The lowest BCUT2D eigenvalue weighted by Crippen LogP contribution is -2.00. The first-order chi connectivity index (χ1) is 5.00. The van der Waals surface area contributed by atoms with Crippen LogP contribution in [0.15, 0.2) is 24.3 Å². The largest absolute Gasteiger partial charge is 0.0931 e. The third kappa shape index (κ3) is 2.59. The fourth-order valence-electron chi connectivity index (χ4n) is 0.800. The first-order valence-corrected chi connectivity index (χ1v) is 7.39. The lowest BCUT2D eigenvalue weighted by Gasteiger charge is -2.09. The van der Waals surface area contributed by atoms with Crippen LogP contribution in [-0.2, 0) is 11.8 Å². The second-order valence-electron chi connectivity index (χ2n) is 2.83. The van der Waals surface area contributed by atoms with Gasteiger partial charge in [-0.05, 0) is 36.8 Å². The highest BCUT2D eigenvalue weighted by Gasteiger charge is 2.04. The maximum Gasteiger partial charge on any atom is 0.0406 e. The predicted octanol–water partition coefficient (Wildman–Crippen LogP) is 2.70.